The van der Waals surface area contributed by atoms with E-state index in [1.54, 1.807) is 30.3 Å². The van der Waals surface area contributed by atoms with Crippen LogP contribution in [0.5, 0.6) is 0 Å². The summed E-state index contributed by atoms with van der Waals surface area (Å²) < 4.78 is 42.9. The van der Waals surface area contributed by atoms with E-state index in [2.05, 4.69) is 0 Å². The zero-order valence-corrected chi connectivity index (χ0v) is 15.4. The predicted octanol–water partition coefficient (Wildman–Crippen LogP) is 3.31. The third-order valence-electron chi connectivity index (χ3n) is 3.42. The molecule has 0 radical (unpaired) electrons. The molecule has 0 fully saturated rings. The maximum absolute atomic E-state index is 12.7. The van der Waals surface area contributed by atoms with E-state index < -0.39 is 39.4 Å². The number of ketones is 1. The fourth-order valence-electron chi connectivity index (χ4n) is 2.28. The highest BCUT2D eigenvalue weighted by Gasteiger charge is 2.40. The van der Waals surface area contributed by atoms with Gasteiger partial charge in [-0.25, -0.2) is 0 Å². The van der Waals surface area contributed by atoms with E-state index >= 15 is 0 Å². The van der Waals surface area contributed by atoms with Crippen molar-refractivity contribution in [1.29, 1.82) is 0 Å². The van der Waals surface area contributed by atoms with Gasteiger partial charge in [-0.1, -0.05) is 53.5 Å². The first kappa shape index (κ1) is 17.2. The SMILES string of the molecule is [2H]C1(c2cc(Cl)ccc2Cl)OC(N)=C(OS(=O)(=O)Cc2ccccc2)C1=O. The summed E-state index contributed by atoms with van der Waals surface area (Å²) in [6.07, 6.45) is -2.40. The monoisotopic (exact) mass is 414 g/mol. The summed E-state index contributed by atoms with van der Waals surface area (Å²) in [5, 5.41) is 0.242. The molecule has 2 aromatic rings. The topological polar surface area (TPSA) is 95.7 Å². The van der Waals surface area contributed by atoms with Crippen molar-refractivity contribution in [2.75, 3.05) is 0 Å². The normalized spacial score (nSPS) is 20.7. The van der Waals surface area contributed by atoms with Gasteiger partial charge in [-0.15, -0.1) is 0 Å². The number of carbonyl (C=O) groups is 1. The Morgan fingerprint density at radius 1 is 1.19 bits per heavy atom. The number of benzene rings is 2. The minimum atomic E-state index is -4.22. The largest absolute Gasteiger partial charge is 0.460 e. The summed E-state index contributed by atoms with van der Waals surface area (Å²) in [4.78, 5) is 12.7. The van der Waals surface area contributed by atoms with E-state index in [4.69, 9.17) is 39.2 Å². The van der Waals surface area contributed by atoms with E-state index in [-0.39, 0.29) is 15.6 Å². The molecule has 0 bridgehead atoms. The van der Waals surface area contributed by atoms with Crippen LogP contribution in [0.1, 0.15) is 18.6 Å². The second-order valence-corrected chi connectivity index (χ2v) is 7.76. The van der Waals surface area contributed by atoms with E-state index in [0.29, 0.717) is 5.56 Å². The molecule has 6 nitrogen and oxygen atoms in total. The molecule has 1 aliphatic heterocycles. The summed E-state index contributed by atoms with van der Waals surface area (Å²) in [6.45, 7) is 0. The van der Waals surface area contributed by atoms with E-state index in [1.165, 1.54) is 18.2 Å². The van der Waals surface area contributed by atoms with Crippen molar-refractivity contribution >= 4 is 39.1 Å². The van der Waals surface area contributed by atoms with Crippen molar-refractivity contribution in [2.45, 2.75) is 11.8 Å². The maximum Gasteiger partial charge on any atom is 0.313 e. The van der Waals surface area contributed by atoms with Gasteiger partial charge in [0.05, 0.1) is 1.37 Å². The van der Waals surface area contributed by atoms with E-state index in [1.807, 2.05) is 0 Å². The van der Waals surface area contributed by atoms with Gasteiger partial charge in [-0.3, -0.25) is 4.79 Å². The first-order valence-corrected chi connectivity index (χ1v) is 9.61. The summed E-state index contributed by atoms with van der Waals surface area (Å²) in [5.41, 5.74) is 6.00. The lowest BCUT2D eigenvalue weighted by Crippen LogP contribution is -2.16. The Morgan fingerprint density at radius 2 is 1.88 bits per heavy atom. The number of hydrogen-bond acceptors (Lipinski definition) is 6. The smallest absolute Gasteiger partial charge is 0.313 e. The predicted molar refractivity (Wildman–Crippen MR) is 96.7 cm³/mol. The van der Waals surface area contributed by atoms with Gasteiger partial charge in [0.15, 0.2) is 6.08 Å². The number of rotatable bonds is 5. The molecule has 0 spiro atoms. The maximum atomic E-state index is 12.7. The number of nitrogens with two attached hydrogens (primary N) is 1. The van der Waals surface area contributed by atoms with Crippen LogP contribution in [0.3, 0.4) is 0 Å². The molecule has 0 saturated heterocycles. The van der Waals surface area contributed by atoms with Crippen LogP contribution in [0.2, 0.25) is 10.0 Å². The first-order chi connectivity index (χ1) is 12.6. The van der Waals surface area contributed by atoms with Gasteiger partial charge >= 0.3 is 10.1 Å². The lowest BCUT2D eigenvalue weighted by molar-refractivity contribution is -0.123. The average Bonchev–Trinajstić information content (AvgIpc) is 2.81. The number of ether oxygens (including phenoxy) is 1. The molecule has 0 aromatic heterocycles. The molecule has 2 N–H and O–H groups in total. The van der Waals surface area contributed by atoms with Crippen molar-refractivity contribution < 1.29 is 23.5 Å². The zero-order valence-electron chi connectivity index (χ0n) is 14.1. The average molecular weight is 415 g/mol. The van der Waals surface area contributed by atoms with Crippen molar-refractivity contribution in [3.05, 3.63) is 81.3 Å². The third-order valence-corrected chi connectivity index (χ3v) is 5.09. The highest BCUT2D eigenvalue weighted by Crippen LogP contribution is 2.37. The lowest BCUT2D eigenvalue weighted by atomic mass is 10.1. The summed E-state index contributed by atoms with van der Waals surface area (Å²) in [6, 6.07) is 12.4. The molecule has 3 rings (SSSR count). The van der Waals surface area contributed by atoms with Gasteiger partial charge in [-0.2, -0.15) is 8.42 Å². The van der Waals surface area contributed by atoms with Crippen LogP contribution in [0.4, 0.5) is 0 Å². The number of halogens is 2. The van der Waals surface area contributed by atoms with Crippen LogP contribution in [0.25, 0.3) is 0 Å². The molecule has 1 heterocycles. The number of Topliss-reactive ketones (excluding diaryl/α,β-unsaturated/α-hetero) is 1. The van der Waals surface area contributed by atoms with Crippen molar-refractivity contribution in [3.8, 4) is 0 Å². The molecule has 0 aliphatic carbocycles. The van der Waals surface area contributed by atoms with Crippen LogP contribution >= 0.6 is 23.2 Å². The Morgan fingerprint density at radius 3 is 2.58 bits per heavy atom. The Hall–Kier alpha value is -2.22. The fourth-order valence-corrected chi connectivity index (χ4v) is 3.73. The molecule has 136 valence electrons. The second kappa shape index (κ2) is 7.19. The minimum Gasteiger partial charge on any atom is -0.460 e. The molecule has 1 aliphatic rings. The van der Waals surface area contributed by atoms with Crippen LogP contribution in [0.15, 0.2) is 60.2 Å². The number of hydrogen-bond donors (Lipinski definition) is 1. The van der Waals surface area contributed by atoms with Gasteiger partial charge in [0, 0.05) is 15.6 Å². The molecule has 0 saturated carbocycles. The Bertz CT molecular complexity index is 1040. The van der Waals surface area contributed by atoms with Crippen LogP contribution in [-0.4, -0.2) is 14.2 Å². The molecule has 1 unspecified atom stereocenters. The van der Waals surface area contributed by atoms with Crippen molar-refractivity contribution in [1.82, 2.24) is 0 Å². The molecule has 1 atom stereocenters. The standard InChI is InChI=1S/C17H13Cl2NO5S/c18-11-6-7-13(19)12(8-11)15-14(21)16(17(20)24-15)25-26(22,23)9-10-4-2-1-3-5-10/h1-8,15H,9,20H2/i15D. The summed E-state index contributed by atoms with van der Waals surface area (Å²) >= 11 is 11.9. The molecule has 26 heavy (non-hydrogen) atoms. The lowest BCUT2D eigenvalue weighted by Gasteiger charge is -2.12. The van der Waals surface area contributed by atoms with Crippen LogP contribution in [-0.2, 0) is 29.6 Å². The first-order valence-electron chi connectivity index (χ1n) is 7.77. The van der Waals surface area contributed by atoms with Gasteiger partial charge < -0.3 is 14.7 Å². The van der Waals surface area contributed by atoms with Crippen LogP contribution < -0.4 is 5.73 Å². The molecule has 9 heteroatoms. The molecule has 2 aromatic carbocycles. The van der Waals surface area contributed by atoms with Crippen molar-refractivity contribution in [2.24, 2.45) is 5.73 Å². The van der Waals surface area contributed by atoms with Gasteiger partial charge in [0.2, 0.25) is 17.4 Å². The quantitative estimate of drug-likeness (QED) is 0.753. The van der Waals surface area contributed by atoms with E-state index in [9.17, 15) is 13.2 Å². The van der Waals surface area contributed by atoms with Crippen LogP contribution in [0, 0.1) is 0 Å². The Kier molecular flexibility index (Phi) is 4.76. The second-order valence-electron chi connectivity index (χ2n) is 5.35. The summed E-state index contributed by atoms with van der Waals surface area (Å²) in [5.74, 6) is -2.97. The van der Waals surface area contributed by atoms with Gasteiger partial charge in [0.25, 0.3) is 0 Å². The molecular weight excluding hydrogens is 401 g/mol. The van der Waals surface area contributed by atoms with Crippen molar-refractivity contribution in [3.63, 3.8) is 0 Å². The molecule has 0 amide bonds. The van der Waals surface area contributed by atoms with Gasteiger partial charge in [-0.05, 0) is 23.8 Å². The minimum absolute atomic E-state index is 0.0314. The highest BCUT2D eigenvalue weighted by molar-refractivity contribution is 7.86. The third kappa shape index (κ3) is 3.95. The van der Waals surface area contributed by atoms with E-state index in [0.717, 1.165) is 0 Å². The number of carbonyl (C=O) groups excluding carboxylic acids is 1. The van der Waals surface area contributed by atoms with Gasteiger partial charge in [0.1, 0.15) is 5.75 Å². The summed E-state index contributed by atoms with van der Waals surface area (Å²) in [7, 11) is -4.22. The fraction of sp³-hybridized carbons (Fsp3) is 0.118. The molecular formula is C17H13Cl2NO5S. The Labute approximate surface area is 161 Å². The highest BCUT2D eigenvalue weighted by atomic mass is 35.5. The Balaban J connectivity index is 1.88. The zero-order chi connectivity index (χ0) is 19.8.